The highest BCUT2D eigenvalue weighted by molar-refractivity contribution is 7.99. The molecule has 3 rings (SSSR count). The highest BCUT2D eigenvalue weighted by Crippen LogP contribution is 2.35. The van der Waals surface area contributed by atoms with Crippen LogP contribution in [0.2, 0.25) is 5.02 Å². The molecule has 0 aliphatic carbocycles. The Kier molecular flexibility index (Phi) is 8.85. The van der Waals surface area contributed by atoms with Crippen molar-refractivity contribution in [3.8, 4) is 0 Å². The van der Waals surface area contributed by atoms with Gasteiger partial charge in [-0.05, 0) is 41.7 Å². The van der Waals surface area contributed by atoms with Crippen LogP contribution in [0.5, 0.6) is 0 Å². The maximum atomic E-state index is 12.3. The van der Waals surface area contributed by atoms with E-state index in [-0.39, 0.29) is 11.9 Å². The smallest absolute Gasteiger partial charge is 0.240 e. The van der Waals surface area contributed by atoms with E-state index in [1.807, 2.05) is 18.2 Å². The average molecular weight is 489 g/mol. The topological polar surface area (TPSA) is 90.7 Å². The molecule has 0 aromatic heterocycles. The van der Waals surface area contributed by atoms with Crippen molar-refractivity contribution < 1.29 is 9.53 Å². The molecule has 0 bridgehead atoms. The summed E-state index contributed by atoms with van der Waals surface area (Å²) in [7, 11) is 6.90. The molecule has 2 N–H and O–H groups in total. The van der Waals surface area contributed by atoms with Crippen LogP contribution >= 0.6 is 23.4 Å². The first-order chi connectivity index (χ1) is 15.9. The number of carbonyl (C=O) groups is 1. The summed E-state index contributed by atoms with van der Waals surface area (Å²) in [6.45, 7) is 4.65. The highest BCUT2D eigenvalue weighted by Gasteiger charge is 2.22. The molecule has 2 aromatic carbocycles. The number of hydrogen-bond acceptors (Lipinski definition) is 6. The molecule has 0 fully saturated rings. The predicted molar refractivity (Wildman–Crippen MR) is 139 cm³/mol. The number of guanidine groups is 1. The van der Waals surface area contributed by atoms with E-state index in [4.69, 9.17) is 21.3 Å². The van der Waals surface area contributed by atoms with Crippen molar-refractivity contribution >= 4 is 58.6 Å². The normalized spacial score (nSPS) is 14.8. The van der Waals surface area contributed by atoms with Gasteiger partial charge in [-0.3, -0.25) is 14.8 Å². The van der Waals surface area contributed by atoms with Gasteiger partial charge in [0.15, 0.2) is 0 Å². The molecule has 0 saturated heterocycles. The Labute approximate surface area is 203 Å². The Bertz CT molecular complexity index is 1100. The van der Waals surface area contributed by atoms with Gasteiger partial charge in [0.05, 0.1) is 30.2 Å². The Morgan fingerprint density at radius 2 is 2.09 bits per heavy atom. The number of nitrogens with one attached hydrogen (secondary N) is 2. The van der Waals surface area contributed by atoms with Crippen LogP contribution in [0.1, 0.15) is 16.7 Å². The zero-order chi connectivity index (χ0) is 24.0. The molecule has 1 unspecified atom stereocenters. The fourth-order valence-corrected chi connectivity index (χ4v) is 4.88. The summed E-state index contributed by atoms with van der Waals surface area (Å²) in [6.07, 6.45) is 0. The number of carbonyl (C=O) groups excluding carboxylic acids is 1. The van der Waals surface area contributed by atoms with Gasteiger partial charge in [0.1, 0.15) is 5.84 Å². The van der Waals surface area contributed by atoms with E-state index in [2.05, 4.69) is 33.4 Å². The summed E-state index contributed by atoms with van der Waals surface area (Å²) >= 11 is 8.30. The number of halogens is 1. The lowest BCUT2D eigenvalue weighted by Crippen LogP contribution is -2.43. The lowest BCUT2D eigenvalue weighted by molar-refractivity contribution is -0.130. The van der Waals surface area contributed by atoms with Crippen LogP contribution in [-0.4, -0.2) is 75.2 Å². The number of aliphatic imine (C=N–C) groups is 3. The fraction of sp³-hybridized carbons (Fsp3) is 0.391. The first kappa shape index (κ1) is 25.2. The largest absolute Gasteiger partial charge is 0.372 e. The first-order valence-electron chi connectivity index (χ1n) is 10.4. The van der Waals surface area contributed by atoms with Gasteiger partial charge in [-0.25, -0.2) is 4.99 Å². The zero-order valence-corrected chi connectivity index (χ0v) is 20.9. The number of hydrogen-bond donors (Lipinski definition) is 2. The molecular weight excluding hydrogens is 460 g/mol. The second kappa shape index (κ2) is 11.6. The molecule has 0 radical (unpaired) electrons. The molecule has 0 spiro atoms. The summed E-state index contributed by atoms with van der Waals surface area (Å²) in [5.41, 5.74) is 2.95. The van der Waals surface area contributed by atoms with Gasteiger partial charge in [0.2, 0.25) is 11.9 Å². The number of benzene rings is 2. The SMILES string of the molecule is C=NC(=NC)N/C(=N\CSCC(NC)C(=O)N(C)C)c1c(Cl)cc2c3c(cccc13)COC2. The molecule has 176 valence electrons. The minimum absolute atomic E-state index is 0.0254. The van der Waals surface area contributed by atoms with Gasteiger partial charge in [0.25, 0.3) is 0 Å². The van der Waals surface area contributed by atoms with E-state index in [1.165, 1.54) is 0 Å². The van der Waals surface area contributed by atoms with E-state index in [0.717, 1.165) is 27.5 Å². The number of rotatable bonds is 7. The monoisotopic (exact) mass is 488 g/mol. The molecule has 1 aliphatic rings. The van der Waals surface area contributed by atoms with E-state index < -0.39 is 0 Å². The van der Waals surface area contributed by atoms with Gasteiger partial charge in [-0.2, -0.15) is 0 Å². The summed E-state index contributed by atoms with van der Waals surface area (Å²) in [6, 6.07) is 7.74. The number of nitrogens with zero attached hydrogens (tertiary/aromatic N) is 4. The van der Waals surface area contributed by atoms with Crippen LogP contribution in [-0.2, 0) is 22.7 Å². The summed E-state index contributed by atoms with van der Waals surface area (Å²) in [5, 5.41) is 8.92. The Hall–Kier alpha value is -2.46. The van der Waals surface area contributed by atoms with E-state index in [1.54, 1.807) is 44.9 Å². The van der Waals surface area contributed by atoms with Crippen LogP contribution in [0.25, 0.3) is 10.8 Å². The van der Waals surface area contributed by atoms with E-state index in [0.29, 0.717) is 41.7 Å². The van der Waals surface area contributed by atoms with Gasteiger partial charge in [0, 0.05) is 32.5 Å². The van der Waals surface area contributed by atoms with Crippen LogP contribution in [0, 0.1) is 0 Å². The van der Waals surface area contributed by atoms with Crippen LogP contribution in [0.3, 0.4) is 0 Å². The standard InChI is InChI=1S/C23H29ClN6O2S/c1-25-18(22(31)30(4)5)12-33-13-28-21(29-23(26-2)27-3)20-16-8-6-7-14-10-32-11-15(19(14)16)9-17(20)24/h6-9,18,25H,2,10-13H2,1,3-5H3,(H,27,28,29). The van der Waals surface area contributed by atoms with Crippen molar-refractivity contribution in [2.24, 2.45) is 15.0 Å². The zero-order valence-electron chi connectivity index (χ0n) is 19.3. The Morgan fingerprint density at radius 1 is 1.33 bits per heavy atom. The maximum absolute atomic E-state index is 12.3. The minimum atomic E-state index is -0.289. The number of ether oxygens (including phenoxy) is 1. The molecule has 1 atom stereocenters. The van der Waals surface area contributed by atoms with Crippen molar-refractivity contribution in [3.63, 3.8) is 0 Å². The van der Waals surface area contributed by atoms with Crippen molar-refractivity contribution in [2.45, 2.75) is 19.3 Å². The maximum Gasteiger partial charge on any atom is 0.240 e. The molecular formula is C23H29ClN6O2S. The highest BCUT2D eigenvalue weighted by atomic mass is 35.5. The average Bonchev–Trinajstić information content (AvgIpc) is 2.81. The number of amides is 1. The van der Waals surface area contributed by atoms with Crippen molar-refractivity contribution in [2.75, 3.05) is 39.8 Å². The molecule has 1 amide bonds. The quantitative estimate of drug-likeness (QED) is 0.355. The number of likely N-dealkylation sites (N-methyl/N-ethyl adjacent to an activating group) is 2. The van der Waals surface area contributed by atoms with E-state index >= 15 is 0 Å². The van der Waals surface area contributed by atoms with Gasteiger partial charge < -0.3 is 20.3 Å². The minimum Gasteiger partial charge on any atom is -0.372 e. The Morgan fingerprint density at radius 3 is 2.76 bits per heavy atom. The number of thioether (sulfide) groups is 1. The van der Waals surface area contributed by atoms with E-state index in [9.17, 15) is 4.79 Å². The van der Waals surface area contributed by atoms with Crippen molar-refractivity contribution in [1.82, 2.24) is 15.5 Å². The third kappa shape index (κ3) is 5.73. The Balaban J connectivity index is 1.96. The first-order valence-corrected chi connectivity index (χ1v) is 12.0. The van der Waals surface area contributed by atoms with Crippen molar-refractivity contribution in [3.05, 3.63) is 46.0 Å². The fourth-order valence-electron chi connectivity index (χ4n) is 3.68. The molecule has 0 saturated carbocycles. The summed E-state index contributed by atoms with van der Waals surface area (Å²) in [5.74, 6) is 1.91. The molecule has 8 nitrogen and oxygen atoms in total. The van der Waals surface area contributed by atoms with Gasteiger partial charge in [-0.1, -0.05) is 29.8 Å². The molecule has 1 aliphatic heterocycles. The van der Waals surface area contributed by atoms with Gasteiger partial charge >= 0.3 is 0 Å². The van der Waals surface area contributed by atoms with Crippen LogP contribution in [0.4, 0.5) is 0 Å². The van der Waals surface area contributed by atoms with Crippen LogP contribution in [0.15, 0.2) is 39.2 Å². The lowest BCUT2D eigenvalue weighted by Gasteiger charge is -2.22. The third-order valence-electron chi connectivity index (χ3n) is 5.31. The molecule has 10 heteroatoms. The molecule has 33 heavy (non-hydrogen) atoms. The predicted octanol–water partition coefficient (Wildman–Crippen LogP) is 2.91. The summed E-state index contributed by atoms with van der Waals surface area (Å²) < 4.78 is 5.70. The lowest BCUT2D eigenvalue weighted by atomic mass is 9.94. The second-order valence-corrected chi connectivity index (χ2v) is 9.04. The second-order valence-electron chi connectivity index (χ2n) is 7.64. The number of amidine groups is 1. The van der Waals surface area contributed by atoms with Crippen molar-refractivity contribution in [1.29, 1.82) is 0 Å². The van der Waals surface area contributed by atoms with Gasteiger partial charge in [-0.15, -0.1) is 11.8 Å². The van der Waals surface area contributed by atoms with Crippen LogP contribution < -0.4 is 10.6 Å². The summed E-state index contributed by atoms with van der Waals surface area (Å²) in [4.78, 5) is 26.7. The molecule has 1 heterocycles. The molecule has 2 aromatic rings. The third-order valence-corrected chi connectivity index (χ3v) is 6.49.